The second kappa shape index (κ2) is 2.69. The molecule has 1 aromatic heterocycles. The van der Waals surface area contributed by atoms with Gasteiger partial charge in [0.15, 0.2) is 0 Å². The minimum absolute atomic E-state index is 0.262. The molecule has 0 fully saturated rings. The highest BCUT2D eigenvalue weighted by atomic mass is 16.4. The molecule has 0 aromatic carbocycles. The molecule has 0 aliphatic rings. The molecule has 1 aromatic rings. The molecule has 1 rings (SSSR count). The van der Waals surface area contributed by atoms with Crippen LogP contribution in [0.25, 0.3) is 0 Å². The zero-order chi connectivity index (χ0) is 7.56. The highest BCUT2D eigenvalue weighted by Gasteiger charge is 1.95. The lowest BCUT2D eigenvalue weighted by atomic mass is 10.1. The van der Waals surface area contributed by atoms with Gasteiger partial charge in [-0.2, -0.15) is 0 Å². The largest absolute Gasteiger partial charge is 0.431 e. The molecule has 0 bridgehead atoms. The van der Waals surface area contributed by atoms with E-state index in [0.717, 1.165) is 17.5 Å². The van der Waals surface area contributed by atoms with Gasteiger partial charge in [-0.05, 0) is 24.5 Å². The lowest BCUT2D eigenvalue weighted by Crippen LogP contribution is -1.99. The van der Waals surface area contributed by atoms with Crippen LogP contribution in [0.15, 0.2) is 21.5 Å². The molecule has 0 N–H and O–H groups in total. The first-order valence-electron chi connectivity index (χ1n) is 3.32. The van der Waals surface area contributed by atoms with Crippen molar-refractivity contribution in [1.29, 1.82) is 0 Å². The smallest absolute Gasteiger partial charge is 0.335 e. The first-order chi connectivity index (χ1) is 4.74. The normalized spacial score (nSPS) is 9.80. The maximum absolute atomic E-state index is 10.6. The monoisotopic (exact) mass is 138 g/mol. The van der Waals surface area contributed by atoms with Gasteiger partial charge in [-0.15, -0.1) is 0 Å². The van der Waals surface area contributed by atoms with Gasteiger partial charge >= 0.3 is 5.63 Å². The molecule has 10 heavy (non-hydrogen) atoms. The van der Waals surface area contributed by atoms with Crippen molar-refractivity contribution in [3.05, 3.63) is 33.9 Å². The summed E-state index contributed by atoms with van der Waals surface area (Å²) in [5.41, 5.74) is 1.85. The quantitative estimate of drug-likeness (QED) is 0.588. The van der Waals surface area contributed by atoms with E-state index in [1.807, 2.05) is 13.8 Å². The van der Waals surface area contributed by atoms with E-state index >= 15 is 0 Å². The minimum atomic E-state index is -0.262. The van der Waals surface area contributed by atoms with Crippen LogP contribution in [0, 0.1) is 6.92 Å². The van der Waals surface area contributed by atoms with Crippen molar-refractivity contribution in [2.24, 2.45) is 0 Å². The minimum Gasteiger partial charge on any atom is -0.431 e. The fourth-order valence-electron chi connectivity index (χ4n) is 0.893. The van der Waals surface area contributed by atoms with Crippen molar-refractivity contribution < 1.29 is 4.42 Å². The summed E-state index contributed by atoms with van der Waals surface area (Å²) in [6.45, 7) is 3.95. The number of hydrogen-bond acceptors (Lipinski definition) is 2. The average molecular weight is 138 g/mol. The maximum atomic E-state index is 10.6. The highest BCUT2D eigenvalue weighted by molar-refractivity contribution is 5.19. The van der Waals surface area contributed by atoms with Gasteiger partial charge in [0.1, 0.15) is 0 Å². The number of aryl methyl sites for hydroxylation is 2. The molecule has 0 saturated heterocycles. The van der Waals surface area contributed by atoms with E-state index in [2.05, 4.69) is 4.42 Å². The van der Waals surface area contributed by atoms with Crippen LogP contribution in [-0.2, 0) is 6.42 Å². The van der Waals surface area contributed by atoms with Gasteiger partial charge in [-0.1, -0.05) is 6.92 Å². The summed E-state index contributed by atoms with van der Waals surface area (Å²) in [5.74, 6) is 0. The van der Waals surface area contributed by atoms with Crippen molar-refractivity contribution >= 4 is 0 Å². The molecule has 0 radical (unpaired) electrons. The van der Waals surface area contributed by atoms with Gasteiger partial charge in [0.25, 0.3) is 0 Å². The van der Waals surface area contributed by atoms with Crippen molar-refractivity contribution in [2.75, 3.05) is 0 Å². The van der Waals surface area contributed by atoms with Gasteiger partial charge in [-0.3, -0.25) is 0 Å². The summed E-state index contributed by atoms with van der Waals surface area (Å²) >= 11 is 0. The molecular weight excluding hydrogens is 128 g/mol. The Hall–Kier alpha value is -1.05. The molecule has 0 atom stereocenters. The van der Waals surface area contributed by atoms with Gasteiger partial charge < -0.3 is 4.42 Å². The fourth-order valence-corrected chi connectivity index (χ4v) is 0.893. The molecule has 2 nitrogen and oxygen atoms in total. The lowest BCUT2D eigenvalue weighted by molar-refractivity contribution is 0.504. The Morgan fingerprint density at radius 3 is 2.80 bits per heavy atom. The molecular formula is C8H10O2. The van der Waals surface area contributed by atoms with Crippen molar-refractivity contribution in [3.63, 3.8) is 0 Å². The lowest BCUT2D eigenvalue weighted by Gasteiger charge is -1.96. The predicted molar refractivity (Wildman–Crippen MR) is 39.1 cm³/mol. The van der Waals surface area contributed by atoms with E-state index in [0.29, 0.717) is 0 Å². The molecule has 0 spiro atoms. The zero-order valence-corrected chi connectivity index (χ0v) is 6.18. The van der Waals surface area contributed by atoms with Crippen LogP contribution in [0.5, 0.6) is 0 Å². The Morgan fingerprint density at radius 2 is 2.30 bits per heavy atom. The van der Waals surface area contributed by atoms with Crippen molar-refractivity contribution in [2.45, 2.75) is 20.3 Å². The van der Waals surface area contributed by atoms with Gasteiger partial charge in [0, 0.05) is 6.07 Å². The third-order valence-corrected chi connectivity index (χ3v) is 1.53. The van der Waals surface area contributed by atoms with E-state index in [9.17, 15) is 4.79 Å². The molecule has 54 valence electrons. The summed E-state index contributed by atoms with van der Waals surface area (Å²) in [7, 11) is 0. The molecule has 0 saturated carbocycles. The van der Waals surface area contributed by atoms with Crippen LogP contribution in [0.1, 0.15) is 18.1 Å². The van der Waals surface area contributed by atoms with Crippen LogP contribution in [0.2, 0.25) is 0 Å². The maximum Gasteiger partial charge on any atom is 0.335 e. The van der Waals surface area contributed by atoms with Gasteiger partial charge in [0.2, 0.25) is 0 Å². The van der Waals surface area contributed by atoms with Crippen LogP contribution < -0.4 is 5.63 Å². The van der Waals surface area contributed by atoms with Crippen LogP contribution in [0.4, 0.5) is 0 Å². The molecule has 0 amide bonds. The molecule has 1 heterocycles. The first kappa shape index (κ1) is 7.06. The second-order valence-corrected chi connectivity index (χ2v) is 2.26. The standard InChI is InChI=1S/C8H10O2/c1-3-7-4-8(9)10-5-6(7)2/h4-5H,3H2,1-2H3. The van der Waals surface area contributed by atoms with Gasteiger partial charge in [-0.25, -0.2) is 4.79 Å². The first-order valence-corrected chi connectivity index (χ1v) is 3.32. The molecule has 0 unspecified atom stereocenters. The SMILES string of the molecule is CCc1cc(=O)occ1C. The van der Waals surface area contributed by atoms with Gasteiger partial charge in [0.05, 0.1) is 6.26 Å². The fraction of sp³-hybridized carbons (Fsp3) is 0.375. The van der Waals surface area contributed by atoms with E-state index in [4.69, 9.17) is 0 Å². The van der Waals surface area contributed by atoms with E-state index in [1.165, 1.54) is 12.3 Å². The third-order valence-electron chi connectivity index (χ3n) is 1.53. The summed E-state index contributed by atoms with van der Waals surface area (Å²) in [4.78, 5) is 10.6. The number of rotatable bonds is 1. The second-order valence-electron chi connectivity index (χ2n) is 2.26. The Kier molecular flexibility index (Phi) is 1.90. The van der Waals surface area contributed by atoms with E-state index in [-0.39, 0.29) is 5.63 Å². The third kappa shape index (κ3) is 1.26. The van der Waals surface area contributed by atoms with Crippen LogP contribution >= 0.6 is 0 Å². The van der Waals surface area contributed by atoms with Crippen molar-refractivity contribution in [1.82, 2.24) is 0 Å². The molecule has 0 aliphatic carbocycles. The Labute approximate surface area is 59.5 Å². The summed E-state index contributed by atoms with van der Waals surface area (Å²) < 4.78 is 4.64. The number of hydrogen-bond donors (Lipinski definition) is 0. The van der Waals surface area contributed by atoms with E-state index < -0.39 is 0 Å². The Balaban J connectivity index is 3.22. The predicted octanol–water partition coefficient (Wildman–Crippen LogP) is 1.51. The highest BCUT2D eigenvalue weighted by Crippen LogP contribution is 2.03. The molecule has 2 heteroatoms. The van der Waals surface area contributed by atoms with Crippen LogP contribution in [-0.4, -0.2) is 0 Å². The van der Waals surface area contributed by atoms with Crippen molar-refractivity contribution in [3.8, 4) is 0 Å². The average Bonchev–Trinajstić information content (AvgIpc) is 1.94. The summed E-state index contributed by atoms with van der Waals surface area (Å²) in [6.07, 6.45) is 2.39. The van der Waals surface area contributed by atoms with Crippen LogP contribution in [0.3, 0.4) is 0 Å². The molecule has 0 aliphatic heterocycles. The summed E-state index contributed by atoms with van der Waals surface area (Å²) in [6, 6.07) is 1.54. The zero-order valence-electron chi connectivity index (χ0n) is 6.18. The Bertz CT molecular complexity index is 273. The topological polar surface area (TPSA) is 30.2 Å². The Morgan fingerprint density at radius 1 is 1.60 bits per heavy atom. The van der Waals surface area contributed by atoms with E-state index in [1.54, 1.807) is 0 Å². The summed E-state index contributed by atoms with van der Waals surface area (Å²) in [5, 5.41) is 0.